The van der Waals surface area contributed by atoms with E-state index in [0.29, 0.717) is 12.0 Å². The van der Waals surface area contributed by atoms with E-state index in [-0.39, 0.29) is 23.2 Å². The van der Waals surface area contributed by atoms with Gasteiger partial charge in [-0.05, 0) is 24.1 Å². The van der Waals surface area contributed by atoms with Gasteiger partial charge in [-0.1, -0.05) is 13.8 Å². The number of aromatic nitrogens is 4. The highest BCUT2D eigenvalue weighted by Gasteiger charge is 2.24. The number of primary amides is 1. The van der Waals surface area contributed by atoms with Crippen molar-refractivity contribution in [2.45, 2.75) is 19.9 Å². The van der Waals surface area contributed by atoms with Gasteiger partial charge in [0.05, 0.1) is 11.7 Å². The molecule has 0 aliphatic carbocycles. The van der Waals surface area contributed by atoms with E-state index in [4.69, 9.17) is 11.6 Å². The molecule has 0 aliphatic heterocycles. The predicted octanol–water partition coefficient (Wildman–Crippen LogP) is 0.392. The van der Waals surface area contributed by atoms with E-state index < -0.39 is 17.5 Å². The maximum absolute atomic E-state index is 12.4. The number of anilines is 3. The predicted molar refractivity (Wildman–Crippen MR) is 104 cm³/mol. The fraction of sp³-hybridized carbons (Fsp3) is 0.235. The number of amides is 1. The van der Waals surface area contributed by atoms with E-state index in [1.54, 1.807) is 38.2 Å². The third-order valence-electron chi connectivity index (χ3n) is 4.24. The summed E-state index contributed by atoms with van der Waals surface area (Å²) in [4.78, 5) is 42.2. The lowest BCUT2D eigenvalue weighted by Gasteiger charge is -2.26. The van der Waals surface area contributed by atoms with Crippen LogP contribution in [-0.4, -0.2) is 38.4 Å². The number of H-pyrrole nitrogens is 2. The number of rotatable bonds is 7. The molecular formula is C17H20N8O3. The maximum atomic E-state index is 12.4. The van der Waals surface area contributed by atoms with Crippen LogP contribution in [0.2, 0.25) is 0 Å². The van der Waals surface area contributed by atoms with Crippen LogP contribution >= 0.6 is 0 Å². The summed E-state index contributed by atoms with van der Waals surface area (Å²) in [6.07, 6.45) is 2.29. The molecule has 0 aliphatic rings. The molecule has 0 saturated heterocycles. The van der Waals surface area contributed by atoms with Crippen LogP contribution in [0.5, 0.6) is 0 Å². The summed E-state index contributed by atoms with van der Waals surface area (Å²) in [6.45, 7) is 3.60. The van der Waals surface area contributed by atoms with Crippen molar-refractivity contribution in [1.82, 2.24) is 20.2 Å². The Morgan fingerprint density at radius 1 is 1.36 bits per heavy atom. The summed E-state index contributed by atoms with van der Waals surface area (Å²) in [5, 5.41) is 11.5. The minimum Gasteiger partial charge on any atom is -0.365 e. The highest BCUT2D eigenvalue weighted by atomic mass is 16.2. The molecular weight excluding hydrogens is 364 g/mol. The lowest BCUT2D eigenvalue weighted by molar-refractivity contribution is -0.109. The first-order chi connectivity index (χ1) is 13.3. The zero-order valence-corrected chi connectivity index (χ0v) is 15.3. The van der Waals surface area contributed by atoms with E-state index >= 15 is 0 Å². The second-order valence-electron chi connectivity index (χ2n) is 6.55. The first-order valence-electron chi connectivity index (χ1n) is 8.45. The molecule has 7 N–H and O–H groups in total. The number of benzene rings is 1. The van der Waals surface area contributed by atoms with E-state index in [2.05, 4.69) is 25.5 Å². The molecule has 11 heteroatoms. The average molecular weight is 384 g/mol. The molecule has 2 aromatic heterocycles. The van der Waals surface area contributed by atoms with Crippen LogP contribution in [0.1, 0.15) is 24.2 Å². The van der Waals surface area contributed by atoms with Crippen molar-refractivity contribution in [3.63, 3.8) is 0 Å². The van der Waals surface area contributed by atoms with Gasteiger partial charge in [0.25, 0.3) is 11.5 Å². The van der Waals surface area contributed by atoms with Gasteiger partial charge in [0.2, 0.25) is 5.95 Å². The molecule has 0 fully saturated rings. The van der Waals surface area contributed by atoms with Crippen molar-refractivity contribution in [2.75, 3.05) is 10.3 Å². The van der Waals surface area contributed by atoms with Crippen LogP contribution in [0, 0.1) is 5.92 Å². The monoisotopic (exact) mass is 384 g/mol. The van der Waals surface area contributed by atoms with E-state index in [1.807, 2.05) is 0 Å². The Morgan fingerprint density at radius 3 is 2.75 bits per heavy atom. The summed E-state index contributed by atoms with van der Waals surface area (Å²) < 4.78 is 0. The highest BCUT2D eigenvalue weighted by molar-refractivity contribution is 5.98. The summed E-state index contributed by atoms with van der Waals surface area (Å²) in [5.74, 6) is 4.75. The van der Waals surface area contributed by atoms with Crippen LogP contribution in [0.15, 0.2) is 29.2 Å². The fourth-order valence-electron chi connectivity index (χ4n) is 2.74. The number of aldehydes is 1. The number of nitrogens with two attached hydrogens (primary N) is 2. The van der Waals surface area contributed by atoms with E-state index in [1.165, 1.54) is 0 Å². The first kappa shape index (κ1) is 19.0. The van der Waals surface area contributed by atoms with Crippen molar-refractivity contribution >= 4 is 40.5 Å². The van der Waals surface area contributed by atoms with Crippen molar-refractivity contribution < 1.29 is 9.59 Å². The van der Waals surface area contributed by atoms with Gasteiger partial charge in [-0.2, -0.15) is 10.1 Å². The Hall–Kier alpha value is -3.73. The standard InChI is InChI=1S/C17H20N8O3/c1-8(2)12(7-26)25(19)17-22-15(13(14(18)27)16(28)23-17)21-10-3-4-11-9(5-10)6-20-24-11/h3-8,12H,19H2,1-2H3,(H2,18,27)(H,20,24)(H2,21,22,23,28)/t12-/m0/s1. The number of fused-ring (bicyclic) bond motifs is 1. The molecule has 28 heavy (non-hydrogen) atoms. The number of nitrogens with one attached hydrogen (secondary N) is 3. The molecule has 1 aromatic carbocycles. The average Bonchev–Trinajstić information content (AvgIpc) is 3.08. The number of carbonyl (C=O) groups is 2. The Balaban J connectivity index is 2.06. The van der Waals surface area contributed by atoms with Gasteiger partial charge in [0, 0.05) is 11.1 Å². The highest BCUT2D eigenvalue weighted by Crippen LogP contribution is 2.22. The normalized spacial score (nSPS) is 12.1. The first-order valence-corrected chi connectivity index (χ1v) is 8.45. The maximum Gasteiger partial charge on any atom is 0.267 e. The Kier molecular flexibility index (Phi) is 5.09. The van der Waals surface area contributed by atoms with Crippen molar-refractivity contribution in [2.24, 2.45) is 17.5 Å². The van der Waals surface area contributed by atoms with Crippen LogP contribution in [0.25, 0.3) is 10.9 Å². The Bertz CT molecular complexity index is 1090. The van der Waals surface area contributed by atoms with Gasteiger partial charge in [0.1, 0.15) is 17.9 Å². The number of hydrogen-bond acceptors (Lipinski definition) is 8. The zero-order chi connectivity index (χ0) is 20.4. The molecule has 0 unspecified atom stereocenters. The minimum atomic E-state index is -0.952. The number of hydrazine groups is 1. The van der Waals surface area contributed by atoms with Crippen molar-refractivity contribution in [3.8, 4) is 0 Å². The number of aromatic amines is 2. The van der Waals surface area contributed by atoms with Crippen LogP contribution in [0.3, 0.4) is 0 Å². The topological polar surface area (TPSA) is 176 Å². The van der Waals surface area contributed by atoms with Gasteiger partial charge in [-0.15, -0.1) is 0 Å². The van der Waals surface area contributed by atoms with Crippen molar-refractivity contribution in [1.29, 1.82) is 0 Å². The van der Waals surface area contributed by atoms with Gasteiger partial charge in [-0.25, -0.2) is 5.84 Å². The molecule has 1 amide bonds. The third kappa shape index (κ3) is 3.55. The molecule has 1 atom stereocenters. The van der Waals surface area contributed by atoms with Crippen molar-refractivity contribution in [3.05, 3.63) is 40.3 Å². The van der Waals surface area contributed by atoms with Crippen LogP contribution < -0.4 is 27.5 Å². The molecule has 3 rings (SSSR count). The summed E-state index contributed by atoms with van der Waals surface area (Å²) in [6, 6.07) is 4.53. The molecule has 0 saturated carbocycles. The number of nitrogens with zero attached hydrogens (tertiary/aromatic N) is 3. The number of carbonyl (C=O) groups excluding carboxylic acids is 2. The second-order valence-corrected chi connectivity index (χ2v) is 6.55. The van der Waals surface area contributed by atoms with E-state index in [9.17, 15) is 14.4 Å². The molecule has 146 valence electrons. The van der Waals surface area contributed by atoms with Gasteiger partial charge < -0.3 is 15.8 Å². The SMILES string of the molecule is CC(C)[C@H](C=O)N(N)c1nc(Nc2ccc3[nH]ncc3c2)c(C(N)=O)c(=O)[nH]1. The van der Waals surface area contributed by atoms with Gasteiger partial charge >= 0.3 is 0 Å². The molecule has 0 radical (unpaired) electrons. The molecule has 0 spiro atoms. The molecule has 3 aromatic rings. The second kappa shape index (κ2) is 7.48. The smallest absolute Gasteiger partial charge is 0.267 e. The lowest BCUT2D eigenvalue weighted by atomic mass is 10.1. The van der Waals surface area contributed by atoms with Gasteiger partial charge in [0.15, 0.2) is 5.82 Å². The quantitative estimate of drug-likeness (QED) is 0.221. The molecule has 0 bridgehead atoms. The van der Waals surface area contributed by atoms with Gasteiger partial charge in [-0.3, -0.25) is 24.7 Å². The minimum absolute atomic E-state index is 0.0713. The van der Waals surface area contributed by atoms with E-state index in [0.717, 1.165) is 15.9 Å². The lowest BCUT2D eigenvalue weighted by Crippen LogP contribution is -2.47. The summed E-state index contributed by atoms with van der Waals surface area (Å²) in [5.41, 5.74) is 5.60. The molecule has 2 heterocycles. The van der Waals surface area contributed by atoms with Crippen LogP contribution in [0.4, 0.5) is 17.5 Å². The third-order valence-corrected chi connectivity index (χ3v) is 4.24. The Labute approximate surface area is 159 Å². The summed E-state index contributed by atoms with van der Waals surface area (Å²) >= 11 is 0. The Morgan fingerprint density at radius 2 is 2.11 bits per heavy atom. The summed E-state index contributed by atoms with van der Waals surface area (Å²) in [7, 11) is 0. The number of hydrogen-bond donors (Lipinski definition) is 5. The fourth-order valence-corrected chi connectivity index (χ4v) is 2.74. The zero-order valence-electron chi connectivity index (χ0n) is 15.3. The molecule has 11 nitrogen and oxygen atoms in total. The van der Waals surface area contributed by atoms with Crippen LogP contribution in [-0.2, 0) is 4.79 Å². The largest absolute Gasteiger partial charge is 0.365 e.